The van der Waals surface area contributed by atoms with E-state index < -0.39 is 0 Å². The summed E-state index contributed by atoms with van der Waals surface area (Å²) < 4.78 is 11.2. The molecule has 0 atom stereocenters. The van der Waals surface area contributed by atoms with Gasteiger partial charge in [-0.25, -0.2) is 4.98 Å². The van der Waals surface area contributed by atoms with E-state index >= 15 is 0 Å². The number of nitrogens with zero attached hydrogens (tertiary/aromatic N) is 3. The molecular weight excluding hydrogens is 346 g/mol. The molecule has 2 aromatic heterocycles. The largest absolute Gasteiger partial charge is 0.492 e. The third-order valence-electron chi connectivity index (χ3n) is 4.55. The van der Waals surface area contributed by atoms with E-state index in [2.05, 4.69) is 33.4 Å². The zero-order chi connectivity index (χ0) is 17.8. The number of ether oxygens (including phenoxy) is 1. The summed E-state index contributed by atoms with van der Waals surface area (Å²) in [4.78, 5) is 9.58. The number of hydrogen-bond donors (Lipinski definition) is 0. The molecule has 0 amide bonds. The number of furan rings is 1. The lowest BCUT2D eigenvalue weighted by Gasteiger charge is -2.36. The van der Waals surface area contributed by atoms with E-state index in [1.54, 1.807) is 17.6 Å². The smallest absolute Gasteiger partial charge is 0.162 e. The second kappa shape index (κ2) is 7.93. The molecule has 0 bridgehead atoms. The van der Waals surface area contributed by atoms with Gasteiger partial charge in [0.05, 0.1) is 24.3 Å². The molecule has 1 aliphatic rings. The van der Waals surface area contributed by atoms with Gasteiger partial charge in [0, 0.05) is 38.1 Å². The summed E-state index contributed by atoms with van der Waals surface area (Å²) in [7, 11) is 0. The summed E-state index contributed by atoms with van der Waals surface area (Å²) in [6, 6.07) is 12.2. The molecule has 0 spiro atoms. The molecule has 5 nitrogen and oxygen atoms in total. The van der Waals surface area contributed by atoms with Gasteiger partial charge in [0.15, 0.2) is 10.8 Å². The van der Waals surface area contributed by atoms with Gasteiger partial charge < -0.3 is 14.1 Å². The molecular formula is C20H23N3O2S. The highest BCUT2D eigenvalue weighted by molar-refractivity contribution is 7.13. The monoisotopic (exact) mass is 369 g/mol. The number of anilines is 1. The third kappa shape index (κ3) is 3.76. The number of benzene rings is 1. The molecule has 1 aromatic carbocycles. The van der Waals surface area contributed by atoms with Crippen molar-refractivity contribution in [3.8, 4) is 16.5 Å². The Morgan fingerprint density at radius 3 is 2.73 bits per heavy atom. The van der Waals surface area contributed by atoms with Gasteiger partial charge in [0.2, 0.25) is 0 Å². The van der Waals surface area contributed by atoms with Crippen LogP contribution in [0.15, 0.2) is 52.5 Å². The van der Waals surface area contributed by atoms with Crippen LogP contribution in [0, 0.1) is 0 Å². The fourth-order valence-corrected chi connectivity index (χ4v) is 4.04. The van der Waals surface area contributed by atoms with Crippen molar-refractivity contribution in [3.63, 3.8) is 0 Å². The highest BCUT2D eigenvalue weighted by Crippen LogP contribution is 2.29. The van der Waals surface area contributed by atoms with Gasteiger partial charge in [0.1, 0.15) is 5.75 Å². The predicted octanol–water partition coefficient (Wildman–Crippen LogP) is 4.12. The minimum Gasteiger partial charge on any atom is -0.492 e. The number of hydrogen-bond acceptors (Lipinski definition) is 6. The number of rotatable bonds is 6. The first-order chi connectivity index (χ1) is 12.8. The van der Waals surface area contributed by atoms with Crippen molar-refractivity contribution in [1.82, 2.24) is 9.88 Å². The quantitative estimate of drug-likeness (QED) is 0.654. The number of aromatic nitrogens is 1. The van der Waals surface area contributed by atoms with Crippen LogP contribution >= 0.6 is 11.3 Å². The van der Waals surface area contributed by atoms with Crippen molar-refractivity contribution in [2.75, 3.05) is 37.7 Å². The van der Waals surface area contributed by atoms with Crippen LogP contribution in [0.2, 0.25) is 0 Å². The Morgan fingerprint density at radius 2 is 1.96 bits per heavy atom. The molecule has 3 aromatic rings. The summed E-state index contributed by atoms with van der Waals surface area (Å²) in [5.74, 6) is 1.82. The van der Waals surface area contributed by atoms with E-state index in [0.717, 1.165) is 54.9 Å². The summed E-state index contributed by atoms with van der Waals surface area (Å²) in [6.07, 6.45) is 1.69. The minimum absolute atomic E-state index is 0.693. The maximum atomic E-state index is 5.78. The van der Waals surface area contributed by atoms with Gasteiger partial charge in [-0.05, 0) is 31.2 Å². The fourth-order valence-electron chi connectivity index (χ4n) is 3.26. The fraction of sp³-hybridized carbons (Fsp3) is 0.350. The molecule has 3 heterocycles. The lowest BCUT2D eigenvalue weighted by molar-refractivity contribution is 0.246. The maximum absolute atomic E-state index is 5.78. The summed E-state index contributed by atoms with van der Waals surface area (Å²) in [6.45, 7) is 7.65. The lowest BCUT2D eigenvalue weighted by atomic mass is 10.2. The Labute approximate surface area is 157 Å². The highest BCUT2D eigenvalue weighted by atomic mass is 32.1. The Kier molecular flexibility index (Phi) is 5.22. The van der Waals surface area contributed by atoms with E-state index in [0.29, 0.717) is 6.61 Å². The van der Waals surface area contributed by atoms with Crippen molar-refractivity contribution >= 4 is 17.0 Å². The molecule has 1 saturated heterocycles. The van der Waals surface area contributed by atoms with Gasteiger partial charge in [-0.2, -0.15) is 0 Å². The van der Waals surface area contributed by atoms with E-state index in [1.807, 2.05) is 25.1 Å². The summed E-state index contributed by atoms with van der Waals surface area (Å²) in [5, 5.41) is 3.09. The molecule has 136 valence electrons. The van der Waals surface area contributed by atoms with Crippen molar-refractivity contribution in [2.24, 2.45) is 0 Å². The topological polar surface area (TPSA) is 41.7 Å². The van der Waals surface area contributed by atoms with Crippen molar-refractivity contribution in [1.29, 1.82) is 0 Å². The van der Waals surface area contributed by atoms with Crippen LogP contribution < -0.4 is 9.64 Å². The van der Waals surface area contributed by atoms with Crippen molar-refractivity contribution in [2.45, 2.75) is 13.5 Å². The Morgan fingerprint density at radius 1 is 1.12 bits per heavy atom. The predicted molar refractivity (Wildman–Crippen MR) is 105 cm³/mol. The van der Waals surface area contributed by atoms with Crippen molar-refractivity contribution in [3.05, 3.63) is 53.7 Å². The normalized spacial score (nSPS) is 15.3. The lowest BCUT2D eigenvalue weighted by Crippen LogP contribution is -2.46. The van der Waals surface area contributed by atoms with Crippen LogP contribution in [0.4, 0.5) is 5.69 Å². The average molecular weight is 369 g/mol. The van der Waals surface area contributed by atoms with Crippen LogP contribution in [0.5, 0.6) is 5.75 Å². The minimum atomic E-state index is 0.693. The third-order valence-corrected chi connectivity index (χ3v) is 5.45. The van der Waals surface area contributed by atoms with Gasteiger partial charge in [-0.3, -0.25) is 4.90 Å². The van der Waals surface area contributed by atoms with E-state index in [9.17, 15) is 0 Å². The summed E-state index contributed by atoms with van der Waals surface area (Å²) in [5.41, 5.74) is 2.31. The second-order valence-electron chi connectivity index (χ2n) is 6.29. The van der Waals surface area contributed by atoms with Gasteiger partial charge >= 0.3 is 0 Å². The van der Waals surface area contributed by atoms with Crippen LogP contribution in [0.3, 0.4) is 0 Å². The van der Waals surface area contributed by atoms with Crippen LogP contribution in [0.1, 0.15) is 12.6 Å². The molecule has 0 N–H and O–H groups in total. The molecule has 0 saturated carbocycles. The molecule has 4 rings (SSSR count). The van der Waals surface area contributed by atoms with Crippen LogP contribution in [0.25, 0.3) is 10.8 Å². The van der Waals surface area contributed by atoms with Gasteiger partial charge in [0.25, 0.3) is 0 Å². The molecule has 26 heavy (non-hydrogen) atoms. The maximum Gasteiger partial charge on any atom is 0.162 e. The van der Waals surface area contributed by atoms with Gasteiger partial charge in [-0.15, -0.1) is 11.3 Å². The van der Waals surface area contributed by atoms with E-state index in [1.165, 1.54) is 5.69 Å². The standard InChI is InChI=1S/C20H23N3O2S/c1-2-24-18-7-4-3-6-17(18)23-11-9-22(10-12-23)14-16-15-26-20(21-16)19-8-5-13-25-19/h3-8,13,15H,2,9-12,14H2,1H3. The molecule has 1 aliphatic heterocycles. The molecule has 0 unspecified atom stereocenters. The first kappa shape index (κ1) is 17.1. The number of piperazine rings is 1. The Balaban J connectivity index is 1.36. The Bertz CT molecular complexity index is 823. The number of para-hydroxylation sites is 2. The van der Waals surface area contributed by atoms with E-state index in [-0.39, 0.29) is 0 Å². The Hall–Kier alpha value is -2.31. The van der Waals surface area contributed by atoms with Crippen LogP contribution in [-0.4, -0.2) is 42.7 Å². The average Bonchev–Trinajstić information content (AvgIpc) is 3.35. The zero-order valence-corrected chi connectivity index (χ0v) is 15.7. The van der Waals surface area contributed by atoms with Gasteiger partial charge in [-0.1, -0.05) is 12.1 Å². The van der Waals surface area contributed by atoms with Crippen molar-refractivity contribution < 1.29 is 9.15 Å². The van der Waals surface area contributed by atoms with E-state index in [4.69, 9.17) is 14.1 Å². The second-order valence-corrected chi connectivity index (χ2v) is 7.14. The summed E-state index contributed by atoms with van der Waals surface area (Å²) >= 11 is 1.64. The molecule has 0 radical (unpaired) electrons. The molecule has 0 aliphatic carbocycles. The highest BCUT2D eigenvalue weighted by Gasteiger charge is 2.20. The number of thiazole rings is 1. The first-order valence-electron chi connectivity index (χ1n) is 9.01. The SMILES string of the molecule is CCOc1ccccc1N1CCN(Cc2csc(-c3ccco3)n2)CC1. The van der Waals surface area contributed by atoms with Crippen LogP contribution in [-0.2, 0) is 6.54 Å². The first-order valence-corrected chi connectivity index (χ1v) is 9.89. The zero-order valence-electron chi connectivity index (χ0n) is 14.9. The molecule has 6 heteroatoms. The molecule has 1 fully saturated rings.